The van der Waals surface area contributed by atoms with Crippen molar-refractivity contribution in [2.75, 3.05) is 25.1 Å². The van der Waals surface area contributed by atoms with Gasteiger partial charge in [-0.2, -0.15) is 0 Å². The third-order valence-electron chi connectivity index (χ3n) is 2.76. The maximum atomic E-state index is 10.6. The second-order valence-corrected chi connectivity index (χ2v) is 4.33. The predicted molar refractivity (Wildman–Crippen MR) is 65.4 cm³/mol. The first-order chi connectivity index (χ1) is 8.25. The molecule has 0 spiro atoms. The Bertz CT molecular complexity index is 371. The first-order valence-electron chi connectivity index (χ1n) is 5.90. The van der Waals surface area contributed by atoms with Gasteiger partial charge in [0.15, 0.2) is 0 Å². The average molecular weight is 235 g/mol. The van der Waals surface area contributed by atoms with Gasteiger partial charge >= 0.3 is 5.97 Å². The number of benzene rings is 1. The number of ether oxygens (including phenoxy) is 1. The van der Waals surface area contributed by atoms with Gasteiger partial charge in [0.1, 0.15) is 0 Å². The summed E-state index contributed by atoms with van der Waals surface area (Å²) in [6.07, 6.45) is 2.62. The number of carboxylic acid groups (broad SMARTS) is 1. The maximum Gasteiger partial charge on any atom is 0.335 e. The lowest BCUT2D eigenvalue weighted by atomic mass is 10.2. The lowest BCUT2D eigenvalue weighted by Gasteiger charge is -2.07. The molecule has 4 nitrogen and oxygen atoms in total. The second-order valence-electron chi connectivity index (χ2n) is 4.33. The van der Waals surface area contributed by atoms with Crippen LogP contribution in [0.2, 0.25) is 0 Å². The summed E-state index contributed by atoms with van der Waals surface area (Å²) >= 11 is 0. The van der Waals surface area contributed by atoms with Gasteiger partial charge in [-0.1, -0.05) is 0 Å². The average Bonchev–Trinajstić information content (AvgIpc) is 3.13. The maximum absolute atomic E-state index is 10.6. The fourth-order valence-corrected chi connectivity index (χ4v) is 1.53. The zero-order chi connectivity index (χ0) is 12.1. The van der Waals surface area contributed by atoms with Gasteiger partial charge in [-0.25, -0.2) is 4.79 Å². The third kappa shape index (κ3) is 4.07. The summed E-state index contributed by atoms with van der Waals surface area (Å²) in [6.45, 7) is 2.32. The third-order valence-corrected chi connectivity index (χ3v) is 2.76. The Labute approximate surface area is 101 Å². The molecule has 1 aromatic rings. The van der Waals surface area contributed by atoms with E-state index in [2.05, 4.69) is 5.32 Å². The van der Waals surface area contributed by atoms with Crippen LogP contribution in [0.25, 0.3) is 0 Å². The van der Waals surface area contributed by atoms with E-state index in [9.17, 15) is 4.79 Å². The fourth-order valence-electron chi connectivity index (χ4n) is 1.53. The highest BCUT2D eigenvalue weighted by molar-refractivity contribution is 5.87. The summed E-state index contributed by atoms with van der Waals surface area (Å²) in [5, 5.41) is 11.9. The molecule has 4 heteroatoms. The standard InChI is InChI=1S/C13H17NO3/c15-13(16)11-3-5-12(6-4-11)14-7-8-17-9-10-1-2-10/h3-6,10,14H,1-2,7-9H2,(H,15,16). The van der Waals surface area contributed by atoms with Crippen LogP contribution in [0.4, 0.5) is 5.69 Å². The number of rotatable bonds is 7. The lowest BCUT2D eigenvalue weighted by molar-refractivity contribution is 0.0697. The summed E-state index contributed by atoms with van der Waals surface area (Å²) in [7, 11) is 0. The molecule has 0 atom stereocenters. The van der Waals surface area contributed by atoms with Crippen LogP contribution < -0.4 is 5.32 Å². The van der Waals surface area contributed by atoms with Crippen molar-refractivity contribution in [2.45, 2.75) is 12.8 Å². The Morgan fingerprint density at radius 1 is 1.35 bits per heavy atom. The normalized spacial score (nSPS) is 14.6. The molecule has 0 heterocycles. The Morgan fingerprint density at radius 3 is 2.65 bits per heavy atom. The number of carbonyl (C=O) groups is 1. The van der Waals surface area contributed by atoms with Gasteiger partial charge in [0.2, 0.25) is 0 Å². The fraction of sp³-hybridized carbons (Fsp3) is 0.462. The monoisotopic (exact) mass is 235 g/mol. The molecular weight excluding hydrogens is 218 g/mol. The van der Waals surface area contributed by atoms with Crippen molar-refractivity contribution in [3.05, 3.63) is 29.8 Å². The molecule has 2 N–H and O–H groups in total. The molecule has 0 radical (unpaired) electrons. The van der Waals surface area contributed by atoms with Gasteiger partial charge < -0.3 is 15.2 Å². The molecular formula is C13H17NO3. The van der Waals surface area contributed by atoms with E-state index in [-0.39, 0.29) is 0 Å². The summed E-state index contributed by atoms with van der Waals surface area (Å²) in [4.78, 5) is 10.6. The molecule has 0 amide bonds. The molecule has 2 rings (SSSR count). The number of hydrogen-bond acceptors (Lipinski definition) is 3. The van der Waals surface area contributed by atoms with Gasteiger partial charge in [0.05, 0.1) is 12.2 Å². The summed E-state index contributed by atoms with van der Waals surface area (Å²) in [5.41, 5.74) is 1.23. The number of aromatic carboxylic acids is 1. The minimum Gasteiger partial charge on any atom is -0.478 e. The molecule has 0 saturated heterocycles. The Kier molecular flexibility index (Phi) is 3.98. The zero-order valence-electron chi connectivity index (χ0n) is 9.69. The molecule has 1 saturated carbocycles. The highest BCUT2D eigenvalue weighted by Gasteiger charge is 2.20. The number of anilines is 1. The van der Waals surface area contributed by atoms with Crippen LogP contribution >= 0.6 is 0 Å². The second kappa shape index (κ2) is 5.68. The van der Waals surface area contributed by atoms with Gasteiger partial charge in [0, 0.05) is 18.8 Å². The Morgan fingerprint density at radius 2 is 2.06 bits per heavy atom. The smallest absolute Gasteiger partial charge is 0.335 e. The number of nitrogens with one attached hydrogen (secondary N) is 1. The minimum absolute atomic E-state index is 0.306. The van der Waals surface area contributed by atoms with Crippen LogP contribution in [0.15, 0.2) is 24.3 Å². The molecule has 1 aliphatic rings. The van der Waals surface area contributed by atoms with Crippen LogP contribution in [0.5, 0.6) is 0 Å². The molecule has 1 fully saturated rings. The van der Waals surface area contributed by atoms with Crippen LogP contribution in [0.1, 0.15) is 23.2 Å². The topological polar surface area (TPSA) is 58.6 Å². The highest BCUT2D eigenvalue weighted by atomic mass is 16.5. The summed E-state index contributed by atoms with van der Waals surface area (Å²) < 4.78 is 5.48. The highest BCUT2D eigenvalue weighted by Crippen LogP contribution is 2.28. The Hall–Kier alpha value is -1.55. The van der Waals surface area contributed by atoms with Gasteiger partial charge in [-0.3, -0.25) is 0 Å². The summed E-state index contributed by atoms with van der Waals surface area (Å²) in [5.74, 6) is -0.103. The molecule has 0 aromatic heterocycles. The quantitative estimate of drug-likeness (QED) is 0.711. The molecule has 1 aromatic carbocycles. The van der Waals surface area contributed by atoms with Crippen LogP contribution in [-0.4, -0.2) is 30.8 Å². The minimum atomic E-state index is -0.899. The van der Waals surface area contributed by atoms with E-state index in [1.807, 2.05) is 0 Å². The van der Waals surface area contributed by atoms with E-state index in [0.717, 1.165) is 24.8 Å². The van der Waals surface area contributed by atoms with Gasteiger partial charge in [0.25, 0.3) is 0 Å². The van der Waals surface area contributed by atoms with Gasteiger partial charge in [-0.15, -0.1) is 0 Å². The van der Waals surface area contributed by atoms with Crippen molar-refractivity contribution in [1.82, 2.24) is 0 Å². The summed E-state index contributed by atoms with van der Waals surface area (Å²) in [6, 6.07) is 6.72. The van der Waals surface area contributed by atoms with E-state index in [1.54, 1.807) is 24.3 Å². The molecule has 92 valence electrons. The van der Waals surface area contributed by atoms with Crippen molar-refractivity contribution < 1.29 is 14.6 Å². The van der Waals surface area contributed by atoms with Crippen molar-refractivity contribution >= 4 is 11.7 Å². The molecule has 0 aliphatic heterocycles. The van der Waals surface area contributed by atoms with E-state index in [4.69, 9.17) is 9.84 Å². The Balaban J connectivity index is 1.65. The first kappa shape index (κ1) is 11.9. The van der Waals surface area contributed by atoms with E-state index >= 15 is 0 Å². The molecule has 17 heavy (non-hydrogen) atoms. The largest absolute Gasteiger partial charge is 0.478 e. The molecule has 1 aliphatic carbocycles. The van der Waals surface area contributed by atoms with E-state index < -0.39 is 5.97 Å². The molecule has 0 unspecified atom stereocenters. The number of hydrogen-bond donors (Lipinski definition) is 2. The first-order valence-corrected chi connectivity index (χ1v) is 5.90. The number of carboxylic acids is 1. The SMILES string of the molecule is O=C(O)c1ccc(NCCOCC2CC2)cc1. The lowest BCUT2D eigenvalue weighted by Crippen LogP contribution is -2.10. The van der Waals surface area contributed by atoms with Crippen LogP contribution in [0, 0.1) is 5.92 Å². The van der Waals surface area contributed by atoms with Crippen molar-refractivity contribution in [2.24, 2.45) is 5.92 Å². The van der Waals surface area contributed by atoms with Gasteiger partial charge in [-0.05, 0) is 43.0 Å². The molecule has 0 bridgehead atoms. The predicted octanol–water partition coefficient (Wildman–Crippen LogP) is 2.22. The van der Waals surface area contributed by atoms with E-state index in [1.165, 1.54) is 12.8 Å². The van der Waals surface area contributed by atoms with Crippen molar-refractivity contribution in [3.63, 3.8) is 0 Å². The zero-order valence-corrected chi connectivity index (χ0v) is 9.69. The van der Waals surface area contributed by atoms with Crippen LogP contribution in [0.3, 0.4) is 0 Å². The van der Waals surface area contributed by atoms with Crippen molar-refractivity contribution in [3.8, 4) is 0 Å². The van der Waals surface area contributed by atoms with Crippen LogP contribution in [-0.2, 0) is 4.74 Å². The van der Waals surface area contributed by atoms with Crippen molar-refractivity contribution in [1.29, 1.82) is 0 Å². The van der Waals surface area contributed by atoms with E-state index in [0.29, 0.717) is 12.2 Å².